The summed E-state index contributed by atoms with van der Waals surface area (Å²) in [6, 6.07) is 0. The largest absolute Gasteiger partial charge is 0.461 e. The van der Waals surface area contributed by atoms with Crippen molar-refractivity contribution in [3.8, 4) is 0 Å². The Morgan fingerprint density at radius 2 is 1.35 bits per heavy atom. The lowest BCUT2D eigenvalue weighted by Gasteiger charge is -2.34. The van der Waals surface area contributed by atoms with Crippen molar-refractivity contribution >= 4 is 11.9 Å². The van der Waals surface area contributed by atoms with E-state index in [0.29, 0.717) is 83.6 Å². The van der Waals surface area contributed by atoms with Gasteiger partial charge in [-0.25, -0.2) is 0 Å². The fourth-order valence-electron chi connectivity index (χ4n) is 10.4. The second-order valence-corrected chi connectivity index (χ2v) is 22.2. The van der Waals surface area contributed by atoms with Crippen molar-refractivity contribution in [2.45, 2.75) is 274 Å². The van der Waals surface area contributed by atoms with Crippen LogP contribution in [0.1, 0.15) is 176 Å². The van der Waals surface area contributed by atoms with Gasteiger partial charge >= 0.3 is 5.97 Å². The molecule has 2 heterocycles. The number of ether oxygens (including phenoxy) is 3. The van der Waals surface area contributed by atoms with Crippen molar-refractivity contribution in [2.24, 2.45) is 40.1 Å². The van der Waals surface area contributed by atoms with Crippen LogP contribution in [-0.2, 0) is 19.0 Å². The summed E-state index contributed by atoms with van der Waals surface area (Å²) in [5, 5.41) is 142. The van der Waals surface area contributed by atoms with E-state index < -0.39 is 128 Å². The number of hydrogen-bond donors (Lipinski definition) is 15. The predicted octanol–water partition coefficient (Wildman–Crippen LogP) is 2.25. The number of unbranched alkanes of at least 4 members (excludes halogenated alkanes) is 3. The normalized spacial score (nSPS) is 37.0. The number of aliphatic hydroxyl groups is 13. The maximum Gasteiger partial charge on any atom is 0.311 e. The number of cyclic esters (lactones) is 1. The molecule has 0 saturated carbocycles. The number of nitrogens with zero attached hydrogens (tertiary/aromatic N) is 1. The number of nitrogens with two attached hydrogens (primary N) is 2. The molecule has 0 bridgehead atoms. The fraction of sp³-hybridized carbons (Fsp3) is 0.891. The van der Waals surface area contributed by atoms with Crippen LogP contribution in [0.15, 0.2) is 28.3 Å². The van der Waals surface area contributed by atoms with Crippen LogP contribution in [0.5, 0.6) is 0 Å². The number of aliphatic hydroxyl groups excluding tert-OH is 13. The number of carbonyl (C=O) groups is 1. The van der Waals surface area contributed by atoms with Gasteiger partial charge in [-0.2, -0.15) is 0 Å². The molecule has 0 aliphatic carbocycles. The Hall–Kier alpha value is -2.38. The SMILES string of the molecule is CCCCCCC1C(=O)OC(C(C)C(O)CCCN=C(N)N)C(C)C=C(C)CCCCC(O)CC(O)CC(O)CC(O)CC(O)C(OC2OC(CO)C(O)C2O)C=C(C)C(O)CC(O)CCCC(O)CCC(C)C1O. The maximum absolute atomic E-state index is 14.4. The zero-order valence-electron chi connectivity index (χ0n) is 46.0. The average molecular weight is 1080 g/mol. The van der Waals surface area contributed by atoms with Gasteiger partial charge in [-0.3, -0.25) is 9.79 Å². The number of carbonyl (C=O) groups excluding carboxylic acids is 1. The van der Waals surface area contributed by atoms with Gasteiger partial charge in [-0.05, 0) is 115 Å². The summed E-state index contributed by atoms with van der Waals surface area (Å²) in [6.07, 6.45) is -7.91. The Balaban J connectivity index is 2.40. The Kier molecular flexibility index (Phi) is 33.7. The molecular formula is C55H103N3O17. The van der Waals surface area contributed by atoms with Crippen molar-refractivity contribution in [1.29, 1.82) is 0 Å². The van der Waals surface area contributed by atoms with Gasteiger partial charge in [0.15, 0.2) is 12.2 Å². The predicted molar refractivity (Wildman–Crippen MR) is 284 cm³/mol. The molecule has 0 amide bonds. The van der Waals surface area contributed by atoms with Gasteiger partial charge < -0.3 is 92.1 Å². The molecule has 0 aromatic carbocycles. The molecule has 20 atom stereocenters. The molecular weight excluding hydrogens is 975 g/mol. The lowest BCUT2D eigenvalue weighted by atomic mass is 9.83. The molecule has 2 aliphatic rings. The van der Waals surface area contributed by atoms with Crippen LogP contribution in [0, 0.1) is 23.7 Å². The van der Waals surface area contributed by atoms with E-state index in [1.54, 1.807) is 0 Å². The topological polar surface area (TPSA) is 372 Å². The van der Waals surface area contributed by atoms with E-state index in [2.05, 4.69) is 11.9 Å². The third-order valence-electron chi connectivity index (χ3n) is 15.2. The van der Waals surface area contributed by atoms with Crippen LogP contribution >= 0.6 is 0 Å². The lowest BCUT2D eigenvalue weighted by molar-refractivity contribution is -0.202. The molecule has 20 unspecified atom stereocenters. The molecule has 0 aromatic heterocycles. The van der Waals surface area contributed by atoms with E-state index >= 15 is 0 Å². The second-order valence-electron chi connectivity index (χ2n) is 22.2. The van der Waals surface area contributed by atoms with E-state index in [1.807, 2.05) is 33.8 Å². The number of rotatable bonds is 14. The van der Waals surface area contributed by atoms with Gasteiger partial charge in [-0.1, -0.05) is 77.5 Å². The van der Waals surface area contributed by atoms with Gasteiger partial charge in [0.2, 0.25) is 0 Å². The number of allylic oxidation sites excluding steroid dienone is 1. The van der Waals surface area contributed by atoms with Crippen LogP contribution in [0.25, 0.3) is 0 Å². The van der Waals surface area contributed by atoms with E-state index in [9.17, 15) is 71.2 Å². The first-order valence-corrected chi connectivity index (χ1v) is 28.1. The molecule has 1 fully saturated rings. The third kappa shape index (κ3) is 26.4. The summed E-state index contributed by atoms with van der Waals surface area (Å²) >= 11 is 0. The summed E-state index contributed by atoms with van der Waals surface area (Å²) in [4.78, 5) is 18.4. The molecule has 17 N–H and O–H groups in total. The first-order chi connectivity index (χ1) is 35.4. The molecule has 0 spiro atoms. The maximum atomic E-state index is 14.4. The van der Waals surface area contributed by atoms with Gasteiger partial charge in [0.25, 0.3) is 0 Å². The summed E-state index contributed by atoms with van der Waals surface area (Å²) < 4.78 is 17.7. The monoisotopic (exact) mass is 1080 g/mol. The van der Waals surface area contributed by atoms with Crippen molar-refractivity contribution < 1.29 is 85.4 Å². The van der Waals surface area contributed by atoms with Gasteiger partial charge in [0.1, 0.15) is 30.5 Å². The molecule has 2 aliphatic heterocycles. The number of esters is 1. The zero-order chi connectivity index (χ0) is 56.4. The number of guanidine groups is 1. The Labute approximate surface area is 446 Å². The Bertz CT molecular complexity index is 1640. The Morgan fingerprint density at radius 1 is 0.733 bits per heavy atom. The smallest absolute Gasteiger partial charge is 0.311 e. The van der Waals surface area contributed by atoms with E-state index in [0.717, 1.165) is 24.8 Å². The minimum Gasteiger partial charge on any atom is -0.461 e. The van der Waals surface area contributed by atoms with Crippen LogP contribution in [-0.4, -0.2) is 189 Å². The first kappa shape index (κ1) is 68.7. The zero-order valence-corrected chi connectivity index (χ0v) is 46.0. The first-order valence-electron chi connectivity index (χ1n) is 28.1. The van der Waals surface area contributed by atoms with Crippen LogP contribution in [0.3, 0.4) is 0 Å². The van der Waals surface area contributed by atoms with Crippen LogP contribution in [0.4, 0.5) is 0 Å². The summed E-state index contributed by atoms with van der Waals surface area (Å²) in [5.41, 5.74) is 12.3. The minimum absolute atomic E-state index is 0.0305. The molecule has 75 heavy (non-hydrogen) atoms. The van der Waals surface area contributed by atoms with Crippen LogP contribution < -0.4 is 11.5 Å². The van der Waals surface area contributed by atoms with Gasteiger partial charge in [0.05, 0.1) is 73.6 Å². The number of aliphatic imine (C=N–C) groups is 1. The van der Waals surface area contributed by atoms with Crippen molar-refractivity contribution in [1.82, 2.24) is 0 Å². The van der Waals surface area contributed by atoms with Crippen molar-refractivity contribution in [3.05, 3.63) is 23.3 Å². The molecule has 440 valence electrons. The number of hydrogen-bond acceptors (Lipinski definition) is 18. The van der Waals surface area contributed by atoms with Crippen molar-refractivity contribution in [2.75, 3.05) is 13.2 Å². The minimum atomic E-state index is -1.62. The molecule has 1 saturated heterocycles. The van der Waals surface area contributed by atoms with Crippen molar-refractivity contribution in [3.63, 3.8) is 0 Å². The molecule has 0 radical (unpaired) electrons. The standard InChI is InChI=1S/C55H103N3O17/c1-7-8-9-10-19-43-49(69)33(3)21-22-37(60)17-13-18-39(62)29-45(67)34(4)25-47(73-54-51(71)50(70)48(31-59)74-54)46(68)30-42(65)28-41(64)27-40(63)26-38(61)16-12-11-15-32(2)24-35(5)52(75-53(43)72)36(6)44(66)20-14-23-58-55(56)57/h24-25,33,35-52,54,59-71H,7-23,26-31H2,1-6H3,(H4,56,57,58). The van der Waals surface area contributed by atoms with E-state index in [4.69, 9.17) is 25.7 Å². The Morgan fingerprint density at radius 3 is 1.97 bits per heavy atom. The quantitative estimate of drug-likeness (QED) is 0.0390. The highest BCUT2D eigenvalue weighted by Crippen LogP contribution is 2.32. The average Bonchev–Trinajstić information content (AvgIpc) is 3.61. The summed E-state index contributed by atoms with van der Waals surface area (Å²) in [7, 11) is 0. The third-order valence-corrected chi connectivity index (χ3v) is 15.2. The molecule has 20 heteroatoms. The fourth-order valence-corrected chi connectivity index (χ4v) is 10.4. The van der Waals surface area contributed by atoms with Gasteiger partial charge in [-0.15, -0.1) is 0 Å². The van der Waals surface area contributed by atoms with E-state index in [1.165, 1.54) is 13.0 Å². The highest BCUT2D eigenvalue weighted by Gasteiger charge is 2.45. The molecule has 20 nitrogen and oxygen atoms in total. The van der Waals surface area contributed by atoms with Crippen LogP contribution in [0.2, 0.25) is 0 Å². The molecule has 0 aromatic rings. The van der Waals surface area contributed by atoms with E-state index in [-0.39, 0.29) is 56.0 Å². The summed E-state index contributed by atoms with van der Waals surface area (Å²) in [6.45, 7) is 10.9. The summed E-state index contributed by atoms with van der Waals surface area (Å²) in [5.74, 6) is -2.71. The molecule has 2 rings (SSSR count). The highest BCUT2D eigenvalue weighted by molar-refractivity contribution is 5.75. The van der Waals surface area contributed by atoms with Gasteiger partial charge in [0, 0.05) is 31.2 Å². The second kappa shape index (κ2) is 36.7. The lowest BCUT2D eigenvalue weighted by Crippen LogP contribution is -2.42. The highest BCUT2D eigenvalue weighted by atomic mass is 16.7.